The van der Waals surface area contributed by atoms with E-state index in [0.717, 1.165) is 22.8 Å². The monoisotopic (exact) mass is 336 g/mol. The fourth-order valence-corrected chi connectivity index (χ4v) is 2.29. The topological polar surface area (TPSA) is 63.5 Å². The lowest BCUT2D eigenvalue weighted by molar-refractivity contribution is -0.115. The molecule has 128 valence electrons. The van der Waals surface area contributed by atoms with E-state index in [2.05, 4.69) is 10.6 Å². The van der Waals surface area contributed by atoms with Gasteiger partial charge in [0.25, 0.3) is 0 Å². The van der Waals surface area contributed by atoms with Crippen LogP contribution >= 0.6 is 0 Å². The maximum atomic E-state index is 11.9. The van der Waals surface area contributed by atoms with Crippen molar-refractivity contribution in [3.05, 3.63) is 84.3 Å². The summed E-state index contributed by atoms with van der Waals surface area (Å²) in [4.78, 5) is 11.9. The molecule has 0 aliphatic heterocycles. The first-order valence-corrected chi connectivity index (χ1v) is 8.09. The largest absolute Gasteiger partial charge is 0.489 e. The highest BCUT2D eigenvalue weighted by atomic mass is 16.5. The van der Waals surface area contributed by atoms with Gasteiger partial charge in [0, 0.05) is 5.69 Å². The van der Waals surface area contributed by atoms with Gasteiger partial charge in [-0.25, -0.2) is 0 Å². The molecule has 0 saturated carbocycles. The maximum Gasteiger partial charge on any atom is 0.238 e. The van der Waals surface area contributed by atoms with Gasteiger partial charge in [-0.2, -0.15) is 0 Å². The van der Waals surface area contributed by atoms with Crippen LogP contribution in [-0.4, -0.2) is 12.5 Å². The second kappa shape index (κ2) is 8.70. The Bertz CT molecular complexity index is 768. The summed E-state index contributed by atoms with van der Waals surface area (Å²) in [5.74, 6) is 1.45. The Kier molecular flexibility index (Phi) is 5.85. The van der Waals surface area contributed by atoms with E-state index in [4.69, 9.17) is 9.15 Å². The molecule has 0 unspecified atom stereocenters. The smallest absolute Gasteiger partial charge is 0.238 e. The molecule has 0 aliphatic carbocycles. The third-order valence-electron chi connectivity index (χ3n) is 3.55. The van der Waals surface area contributed by atoms with Crippen molar-refractivity contribution in [3.63, 3.8) is 0 Å². The molecule has 0 aliphatic rings. The average molecular weight is 336 g/mol. The molecular formula is C20H20N2O3. The van der Waals surface area contributed by atoms with Crippen molar-refractivity contribution in [1.29, 1.82) is 0 Å². The normalized spacial score (nSPS) is 10.4. The van der Waals surface area contributed by atoms with Crippen molar-refractivity contribution >= 4 is 11.6 Å². The molecular weight excluding hydrogens is 316 g/mol. The van der Waals surface area contributed by atoms with Crippen molar-refractivity contribution in [1.82, 2.24) is 5.32 Å². The van der Waals surface area contributed by atoms with Crippen LogP contribution in [-0.2, 0) is 17.9 Å². The number of hydrogen-bond donors (Lipinski definition) is 2. The Balaban J connectivity index is 1.41. The molecule has 2 N–H and O–H groups in total. The van der Waals surface area contributed by atoms with Crippen molar-refractivity contribution in [3.8, 4) is 5.75 Å². The first-order chi connectivity index (χ1) is 12.3. The van der Waals surface area contributed by atoms with Crippen molar-refractivity contribution in [2.75, 3.05) is 11.9 Å². The average Bonchev–Trinajstić information content (AvgIpc) is 3.15. The molecule has 5 heteroatoms. The van der Waals surface area contributed by atoms with Crippen LogP contribution in [0.1, 0.15) is 11.3 Å². The molecule has 0 atom stereocenters. The van der Waals surface area contributed by atoms with Crippen LogP contribution < -0.4 is 15.4 Å². The Labute approximate surface area is 146 Å². The van der Waals surface area contributed by atoms with E-state index >= 15 is 0 Å². The molecule has 1 heterocycles. The van der Waals surface area contributed by atoms with E-state index in [-0.39, 0.29) is 12.5 Å². The molecule has 0 radical (unpaired) electrons. The van der Waals surface area contributed by atoms with E-state index in [1.54, 1.807) is 6.26 Å². The Morgan fingerprint density at radius 1 is 0.960 bits per heavy atom. The van der Waals surface area contributed by atoms with E-state index in [1.807, 2.05) is 66.7 Å². The number of amides is 1. The predicted molar refractivity (Wildman–Crippen MR) is 96.3 cm³/mol. The number of hydrogen-bond acceptors (Lipinski definition) is 4. The first-order valence-electron chi connectivity index (χ1n) is 8.09. The molecule has 2 aromatic carbocycles. The summed E-state index contributed by atoms with van der Waals surface area (Å²) in [6.45, 7) is 1.25. The van der Waals surface area contributed by atoms with Crippen molar-refractivity contribution in [2.24, 2.45) is 0 Å². The number of carbonyl (C=O) groups excluding carboxylic acids is 1. The number of anilines is 1. The molecule has 0 bridgehead atoms. The third kappa shape index (κ3) is 5.51. The summed E-state index contributed by atoms with van der Waals surface area (Å²) in [5, 5.41) is 5.86. The number of carbonyl (C=O) groups is 1. The van der Waals surface area contributed by atoms with Crippen LogP contribution in [0.2, 0.25) is 0 Å². The van der Waals surface area contributed by atoms with Crippen LogP contribution in [0, 0.1) is 0 Å². The lowest BCUT2D eigenvalue weighted by atomic mass is 10.2. The summed E-state index contributed by atoms with van der Waals surface area (Å²) >= 11 is 0. The minimum absolute atomic E-state index is 0.107. The summed E-state index contributed by atoms with van der Waals surface area (Å²) in [6, 6.07) is 21.0. The molecule has 0 fully saturated rings. The summed E-state index contributed by atoms with van der Waals surface area (Å²) in [7, 11) is 0. The van der Waals surface area contributed by atoms with Gasteiger partial charge >= 0.3 is 0 Å². The zero-order valence-corrected chi connectivity index (χ0v) is 13.8. The van der Waals surface area contributed by atoms with Crippen LogP contribution in [0.25, 0.3) is 0 Å². The molecule has 0 spiro atoms. The van der Waals surface area contributed by atoms with E-state index in [9.17, 15) is 4.79 Å². The Morgan fingerprint density at radius 2 is 1.76 bits per heavy atom. The van der Waals surface area contributed by atoms with E-state index in [0.29, 0.717) is 13.2 Å². The highest BCUT2D eigenvalue weighted by Gasteiger charge is 2.03. The van der Waals surface area contributed by atoms with Gasteiger partial charge in [0.2, 0.25) is 5.91 Å². The van der Waals surface area contributed by atoms with Gasteiger partial charge in [-0.3, -0.25) is 4.79 Å². The minimum Gasteiger partial charge on any atom is -0.489 e. The van der Waals surface area contributed by atoms with Gasteiger partial charge in [-0.1, -0.05) is 30.3 Å². The van der Waals surface area contributed by atoms with Crippen molar-refractivity contribution in [2.45, 2.75) is 13.2 Å². The molecule has 1 amide bonds. The second-order valence-electron chi connectivity index (χ2n) is 5.53. The molecule has 1 aromatic heterocycles. The zero-order valence-electron chi connectivity index (χ0n) is 13.8. The number of rotatable bonds is 8. The summed E-state index contributed by atoms with van der Waals surface area (Å²) in [5.41, 5.74) is 1.85. The molecule has 3 aromatic rings. The number of ether oxygens (including phenoxy) is 1. The van der Waals surface area contributed by atoms with Crippen LogP contribution in [0.5, 0.6) is 5.75 Å². The van der Waals surface area contributed by atoms with Crippen molar-refractivity contribution < 1.29 is 13.9 Å². The van der Waals surface area contributed by atoms with Gasteiger partial charge in [-0.15, -0.1) is 0 Å². The number of benzene rings is 2. The second-order valence-corrected chi connectivity index (χ2v) is 5.53. The molecule has 3 rings (SSSR count). The zero-order chi connectivity index (χ0) is 17.3. The van der Waals surface area contributed by atoms with Gasteiger partial charge in [0.1, 0.15) is 18.1 Å². The number of nitrogens with one attached hydrogen (secondary N) is 2. The molecule has 25 heavy (non-hydrogen) atoms. The SMILES string of the molecule is O=C(CNCc1ccco1)Nc1ccc(OCc2ccccc2)cc1. The summed E-state index contributed by atoms with van der Waals surface area (Å²) in [6.07, 6.45) is 1.61. The molecule has 5 nitrogen and oxygen atoms in total. The summed E-state index contributed by atoms with van der Waals surface area (Å²) < 4.78 is 10.9. The highest BCUT2D eigenvalue weighted by Crippen LogP contribution is 2.17. The highest BCUT2D eigenvalue weighted by molar-refractivity contribution is 5.92. The quantitative estimate of drug-likeness (QED) is 0.660. The fourth-order valence-electron chi connectivity index (χ4n) is 2.29. The first kappa shape index (κ1) is 16.8. The van der Waals surface area contributed by atoms with Gasteiger partial charge < -0.3 is 19.8 Å². The van der Waals surface area contributed by atoms with Crippen LogP contribution in [0.15, 0.2) is 77.4 Å². The van der Waals surface area contributed by atoms with E-state index < -0.39 is 0 Å². The number of furan rings is 1. The van der Waals surface area contributed by atoms with Gasteiger partial charge in [-0.05, 0) is 42.0 Å². The third-order valence-corrected chi connectivity index (χ3v) is 3.55. The van der Waals surface area contributed by atoms with Crippen LogP contribution in [0.3, 0.4) is 0 Å². The maximum absolute atomic E-state index is 11.9. The lowest BCUT2D eigenvalue weighted by Crippen LogP contribution is -2.27. The van der Waals surface area contributed by atoms with E-state index in [1.165, 1.54) is 0 Å². The molecule has 0 saturated heterocycles. The predicted octanol–water partition coefficient (Wildman–Crippen LogP) is 3.59. The Hall–Kier alpha value is -3.05. The van der Waals surface area contributed by atoms with Gasteiger partial charge in [0.05, 0.1) is 19.4 Å². The lowest BCUT2D eigenvalue weighted by Gasteiger charge is -2.09. The fraction of sp³-hybridized carbons (Fsp3) is 0.150. The minimum atomic E-state index is -0.107. The standard InChI is InChI=1S/C20H20N2O3/c23-20(14-21-13-19-7-4-12-24-19)22-17-8-10-18(11-9-17)25-15-16-5-2-1-3-6-16/h1-12,21H,13-15H2,(H,22,23). The Morgan fingerprint density at radius 3 is 2.48 bits per heavy atom. The van der Waals surface area contributed by atoms with Crippen LogP contribution in [0.4, 0.5) is 5.69 Å². The van der Waals surface area contributed by atoms with Gasteiger partial charge in [0.15, 0.2) is 0 Å².